The van der Waals surface area contributed by atoms with Crippen LogP contribution >= 0.6 is 27.7 Å². The highest BCUT2D eigenvalue weighted by atomic mass is 79.9. The first kappa shape index (κ1) is 8.66. The van der Waals surface area contributed by atoms with Gasteiger partial charge in [0.15, 0.2) is 0 Å². The molecule has 0 amide bonds. The van der Waals surface area contributed by atoms with E-state index in [4.69, 9.17) is 0 Å². The maximum atomic E-state index is 3.49. The molecule has 0 aromatic heterocycles. The van der Waals surface area contributed by atoms with E-state index in [1.54, 1.807) is 0 Å². The summed E-state index contributed by atoms with van der Waals surface area (Å²) in [6.45, 7) is 2.15. The molecule has 0 aromatic carbocycles. The Bertz CT molecular complexity index is 114. The fourth-order valence-corrected chi connectivity index (χ4v) is 2.41. The summed E-state index contributed by atoms with van der Waals surface area (Å²) < 4.78 is 0. The van der Waals surface area contributed by atoms with Crippen LogP contribution in [0, 0.1) is 5.92 Å². The highest BCUT2D eigenvalue weighted by molar-refractivity contribution is 9.09. The van der Waals surface area contributed by atoms with E-state index in [1.165, 1.54) is 17.9 Å². The number of rotatable bonds is 2. The summed E-state index contributed by atoms with van der Waals surface area (Å²) in [6, 6.07) is 0. The van der Waals surface area contributed by atoms with E-state index < -0.39 is 0 Å². The Morgan fingerprint density at radius 2 is 2.50 bits per heavy atom. The van der Waals surface area contributed by atoms with Gasteiger partial charge in [-0.3, -0.25) is 0 Å². The van der Waals surface area contributed by atoms with Gasteiger partial charge in [0.2, 0.25) is 0 Å². The zero-order chi connectivity index (χ0) is 7.40. The van der Waals surface area contributed by atoms with Crippen LogP contribution in [-0.4, -0.2) is 16.3 Å². The Balaban J connectivity index is 2.23. The first-order valence-corrected chi connectivity index (χ1v) is 5.76. The van der Waals surface area contributed by atoms with E-state index in [0.717, 1.165) is 5.92 Å². The van der Waals surface area contributed by atoms with Gasteiger partial charge in [0.1, 0.15) is 0 Å². The summed E-state index contributed by atoms with van der Waals surface area (Å²) in [5.41, 5.74) is 0. The molecule has 0 bridgehead atoms. The van der Waals surface area contributed by atoms with Crippen LogP contribution in [0.5, 0.6) is 0 Å². The standard InChI is InChI=1S/C8H13BrS/c1-7(9)2-3-8-4-5-10-6-8/h2-3,7-8H,4-6H2,1H3/b3-2+. The van der Waals surface area contributed by atoms with E-state index in [-0.39, 0.29) is 0 Å². The number of alkyl halides is 1. The molecule has 58 valence electrons. The number of thioether (sulfide) groups is 1. The molecule has 1 rings (SSSR count). The molecule has 0 aromatic rings. The summed E-state index contributed by atoms with van der Waals surface area (Å²) >= 11 is 5.56. The second-order valence-electron chi connectivity index (χ2n) is 2.69. The first-order valence-electron chi connectivity index (χ1n) is 3.69. The van der Waals surface area contributed by atoms with E-state index in [0.29, 0.717) is 4.83 Å². The second kappa shape index (κ2) is 4.45. The SMILES string of the molecule is CC(Br)/C=C/C1CCSC1. The minimum Gasteiger partial charge on any atom is -0.161 e. The summed E-state index contributed by atoms with van der Waals surface area (Å²) in [5.74, 6) is 3.53. The molecular formula is C8H13BrS. The van der Waals surface area contributed by atoms with Crippen molar-refractivity contribution in [2.45, 2.75) is 18.2 Å². The van der Waals surface area contributed by atoms with Crippen LogP contribution in [0.4, 0.5) is 0 Å². The Morgan fingerprint density at radius 1 is 1.70 bits per heavy atom. The smallest absolute Gasteiger partial charge is 0.0297 e. The van der Waals surface area contributed by atoms with Crippen LogP contribution in [-0.2, 0) is 0 Å². The van der Waals surface area contributed by atoms with Crippen molar-refractivity contribution in [2.24, 2.45) is 5.92 Å². The molecular weight excluding hydrogens is 208 g/mol. The lowest BCUT2D eigenvalue weighted by Gasteiger charge is -1.99. The number of hydrogen-bond acceptors (Lipinski definition) is 1. The highest BCUT2D eigenvalue weighted by Gasteiger charge is 2.11. The highest BCUT2D eigenvalue weighted by Crippen LogP contribution is 2.24. The van der Waals surface area contributed by atoms with Gasteiger partial charge in [-0.1, -0.05) is 28.1 Å². The zero-order valence-electron chi connectivity index (χ0n) is 6.22. The first-order chi connectivity index (χ1) is 4.79. The molecule has 1 aliphatic heterocycles. The summed E-state index contributed by atoms with van der Waals surface area (Å²) in [4.78, 5) is 0.540. The topological polar surface area (TPSA) is 0 Å². The number of hydrogen-bond donors (Lipinski definition) is 0. The van der Waals surface area contributed by atoms with Crippen molar-refractivity contribution in [2.75, 3.05) is 11.5 Å². The van der Waals surface area contributed by atoms with Crippen molar-refractivity contribution in [1.29, 1.82) is 0 Å². The molecule has 1 fully saturated rings. The summed E-state index contributed by atoms with van der Waals surface area (Å²) in [5, 5.41) is 0. The van der Waals surface area contributed by atoms with Crippen molar-refractivity contribution in [3.63, 3.8) is 0 Å². The quantitative estimate of drug-likeness (QED) is 0.510. The molecule has 2 atom stereocenters. The predicted octanol–water partition coefficient (Wildman–Crippen LogP) is 3.08. The van der Waals surface area contributed by atoms with Crippen LogP contribution in [0.1, 0.15) is 13.3 Å². The molecule has 0 aliphatic carbocycles. The van der Waals surface area contributed by atoms with Gasteiger partial charge in [-0.05, 0) is 30.8 Å². The lowest BCUT2D eigenvalue weighted by atomic mass is 10.1. The Labute approximate surface area is 75.6 Å². The van der Waals surface area contributed by atoms with Crippen LogP contribution < -0.4 is 0 Å². The number of allylic oxidation sites excluding steroid dienone is 2. The molecule has 1 aliphatic rings. The Kier molecular flexibility index (Phi) is 3.85. The van der Waals surface area contributed by atoms with E-state index in [2.05, 4.69) is 46.8 Å². The van der Waals surface area contributed by atoms with Crippen molar-refractivity contribution >= 4 is 27.7 Å². The monoisotopic (exact) mass is 220 g/mol. The van der Waals surface area contributed by atoms with Crippen molar-refractivity contribution in [3.05, 3.63) is 12.2 Å². The third-order valence-electron chi connectivity index (χ3n) is 1.61. The average Bonchev–Trinajstić information content (AvgIpc) is 2.34. The normalized spacial score (nSPS) is 29.6. The predicted molar refractivity (Wildman–Crippen MR) is 53.0 cm³/mol. The Morgan fingerprint density at radius 3 is 3.00 bits per heavy atom. The van der Waals surface area contributed by atoms with Crippen LogP contribution in [0.3, 0.4) is 0 Å². The van der Waals surface area contributed by atoms with Gasteiger partial charge < -0.3 is 0 Å². The van der Waals surface area contributed by atoms with E-state index >= 15 is 0 Å². The fourth-order valence-electron chi connectivity index (χ4n) is 1.01. The lowest BCUT2D eigenvalue weighted by molar-refractivity contribution is 0.745. The molecule has 0 spiro atoms. The largest absolute Gasteiger partial charge is 0.161 e. The molecule has 1 saturated heterocycles. The molecule has 0 nitrogen and oxygen atoms in total. The minimum absolute atomic E-state index is 0.540. The van der Waals surface area contributed by atoms with Gasteiger partial charge in [0, 0.05) is 4.83 Å². The van der Waals surface area contributed by atoms with Gasteiger partial charge >= 0.3 is 0 Å². The molecule has 1 heterocycles. The Hall–Kier alpha value is 0.570. The van der Waals surface area contributed by atoms with E-state index in [9.17, 15) is 0 Å². The number of halogens is 1. The van der Waals surface area contributed by atoms with Gasteiger partial charge in [-0.2, -0.15) is 11.8 Å². The maximum absolute atomic E-state index is 3.49. The molecule has 2 unspecified atom stereocenters. The molecule has 0 radical (unpaired) electrons. The third kappa shape index (κ3) is 3.11. The van der Waals surface area contributed by atoms with Crippen LogP contribution in [0.25, 0.3) is 0 Å². The lowest BCUT2D eigenvalue weighted by Crippen LogP contribution is -1.93. The van der Waals surface area contributed by atoms with Gasteiger partial charge in [-0.15, -0.1) is 0 Å². The summed E-state index contributed by atoms with van der Waals surface area (Å²) in [6.07, 6.45) is 5.97. The fraction of sp³-hybridized carbons (Fsp3) is 0.750. The average molecular weight is 221 g/mol. The zero-order valence-corrected chi connectivity index (χ0v) is 8.62. The molecule has 0 N–H and O–H groups in total. The molecule has 10 heavy (non-hydrogen) atoms. The van der Waals surface area contributed by atoms with Gasteiger partial charge in [0.25, 0.3) is 0 Å². The van der Waals surface area contributed by atoms with Crippen LogP contribution in [0.15, 0.2) is 12.2 Å². The maximum Gasteiger partial charge on any atom is 0.0297 e. The molecule has 0 saturated carbocycles. The van der Waals surface area contributed by atoms with Gasteiger partial charge in [0.05, 0.1) is 0 Å². The minimum atomic E-state index is 0.540. The molecule has 2 heteroatoms. The second-order valence-corrected chi connectivity index (χ2v) is 5.28. The van der Waals surface area contributed by atoms with Crippen molar-refractivity contribution in [1.82, 2.24) is 0 Å². The van der Waals surface area contributed by atoms with Gasteiger partial charge in [-0.25, -0.2) is 0 Å². The van der Waals surface area contributed by atoms with E-state index in [1.807, 2.05) is 0 Å². The summed E-state index contributed by atoms with van der Waals surface area (Å²) in [7, 11) is 0. The van der Waals surface area contributed by atoms with Crippen molar-refractivity contribution in [3.8, 4) is 0 Å². The third-order valence-corrected chi connectivity index (χ3v) is 3.11. The van der Waals surface area contributed by atoms with Crippen LogP contribution in [0.2, 0.25) is 0 Å². The van der Waals surface area contributed by atoms with Crippen molar-refractivity contribution < 1.29 is 0 Å².